The molecule has 3 heterocycles. The Bertz CT molecular complexity index is 541. The number of carbonyl (C=O) groups excluding carboxylic acids is 1. The van der Waals surface area contributed by atoms with Crippen molar-refractivity contribution in [2.24, 2.45) is 0 Å². The normalized spacial score (nSPS) is 28.7. The van der Waals surface area contributed by atoms with Crippen molar-refractivity contribution in [2.75, 3.05) is 40.5 Å². The third-order valence-corrected chi connectivity index (χ3v) is 5.18. The van der Waals surface area contributed by atoms with Gasteiger partial charge in [-0.3, -0.25) is 4.90 Å². The molecule has 0 bridgehead atoms. The van der Waals surface area contributed by atoms with E-state index >= 15 is 0 Å². The number of rotatable bonds is 2. The van der Waals surface area contributed by atoms with Gasteiger partial charge in [-0.1, -0.05) is 0 Å². The molecule has 0 spiro atoms. The minimum Gasteiger partial charge on any atom is -0.475 e. The number of likely N-dealkylation sites (tertiary alicyclic amines) is 1. The molecule has 2 amide bonds. The molecular weight excluding hydrogens is 383 g/mol. The molecule has 3 rings (SSSR count). The molecule has 0 radical (unpaired) electrons. The van der Waals surface area contributed by atoms with E-state index in [9.17, 15) is 18.0 Å². The Morgan fingerprint density at radius 2 is 1.75 bits per heavy atom. The van der Waals surface area contributed by atoms with Crippen molar-refractivity contribution in [1.82, 2.24) is 15.1 Å². The van der Waals surface area contributed by atoms with Crippen LogP contribution in [0.2, 0.25) is 0 Å². The van der Waals surface area contributed by atoms with Crippen molar-refractivity contribution in [1.29, 1.82) is 0 Å². The summed E-state index contributed by atoms with van der Waals surface area (Å²) in [7, 11) is 3.56. The quantitative estimate of drug-likeness (QED) is 0.712. The van der Waals surface area contributed by atoms with E-state index in [0.717, 1.165) is 45.6 Å². The fourth-order valence-electron chi connectivity index (χ4n) is 3.84. The van der Waals surface area contributed by atoms with E-state index in [4.69, 9.17) is 19.4 Å². The molecule has 3 fully saturated rings. The van der Waals surface area contributed by atoms with Crippen molar-refractivity contribution in [3.8, 4) is 0 Å². The Morgan fingerprint density at radius 3 is 2.29 bits per heavy atom. The molecule has 0 aromatic rings. The van der Waals surface area contributed by atoms with Crippen LogP contribution in [0.4, 0.5) is 18.0 Å². The Hall–Kier alpha value is -1.59. The van der Waals surface area contributed by atoms with Crippen LogP contribution in [0.25, 0.3) is 0 Å². The van der Waals surface area contributed by atoms with Gasteiger partial charge >= 0.3 is 18.2 Å². The summed E-state index contributed by atoms with van der Waals surface area (Å²) in [6.07, 6.45) is -0.453. The highest BCUT2D eigenvalue weighted by molar-refractivity contribution is 5.74. The van der Waals surface area contributed by atoms with E-state index in [0.29, 0.717) is 12.1 Å². The highest BCUT2D eigenvalue weighted by Gasteiger charge is 2.47. The highest BCUT2D eigenvalue weighted by Crippen LogP contribution is 2.33. The van der Waals surface area contributed by atoms with Crippen LogP contribution in [0, 0.1) is 0 Å². The van der Waals surface area contributed by atoms with Gasteiger partial charge in [0.05, 0.1) is 12.1 Å². The number of hydrogen-bond donors (Lipinski definition) is 2. The van der Waals surface area contributed by atoms with Crippen LogP contribution in [0.15, 0.2) is 0 Å². The van der Waals surface area contributed by atoms with E-state index in [1.54, 1.807) is 19.0 Å². The molecule has 3 aliphatic heterocycles. The summed E-state index contributed by atoms with van der Waals surface area (Å²) in [6, 6.07) is 1.11. The Balaban J connectivity index is 0.000000345. The summed E-state index contributed by atoms with van der Waals surface area (Å²) in [5.74, 6) is -2.76. The topological polar surface area (TPSA) is 91.3 Å². The first-order chi connectivity index (χ1) is 13.1. The minimum absolute atomic E-state index is 0.0262. The number of carboxylic acids is 1. The van der Waals surface area contributed by atoms with E-state index in [1.807, 2.05) is 0 Å². The smallest absolute Gasteiger partial charge is 0.475 e. The van der Waals surface area contributed by atoms with Crippen LogP contribution in [-0.2, 0) is 14.3 Å². The SMILES string of the molecule is CN(C)C(=O)N[C@H]1CN(C2CCOCC2)[C@@H]2CCCO[C@H]12.O=C(O)C(F)(F)F. The molecule has 3 aliphatic rings. The number of carbonyl (C=O) groups is 2. The van der Waals surface area contributed by atoms with Gasteiger partial charge < -0.3 is 24.8 Å². The molecule has 0 aromatic carbocycles. The second-order valence-corrected chi connectivity index (χ2v) is 7.34. The number of hydrogen-bond acceptors (Lipinski definition) is 5. The molecule has 3 saturated heterocycles. The Kier molecular flexibility index (Phi) is 7.90. The van der Waals surface area contributed by atoms with Crippen molar-refractivity contribution < 1.29 is 37.3 Å². The van der Waals surface area contributed by atoms with Crippen molar-refractivity contribution in [3.05, 3.63) is 0 Å². The summed E-state index contributed by atoms with van der Waals surface area (Å²) in [5, 5.41) is 10.3. The fraction of sp³-hybridized carbons (Fsp3) is 0.882. The van der Waals surface area contributed by atoms with E-state index in [-0.39, 0.29) is 18.2 Å². The largest absolute Gasteiger partial charge is 0.490 e. The first-order valence-corrected chi connectivity index (χ1v) is 9.34. The molecule has 0 aromatic heterocycles. The first kappa shape index (κ1) is 22.7. The maximum absolute atomic E-state index is 12.0. The maximum Gasteiger partial charge on any atom is 0.490 e. The molecule has 3 atom stereocenters. The third kappa shape index (κ3) is 5.95. The zero-order valence-electron chi connectivity index (χ0n) is 16.1. The van der Waals surface area contributed by atoms with Gasteiger partial charge in [-0.2, -0.15) is 13.2 Å². The van der Waals surface area contributed by atoms with Crippen molar-refractivity contribution in [3.63, 3.8) is 0 Å². The van der Waals surface area contributed by atoms with Crippen LogP contribution >= 0.6 is 0 Å². The second kappa shape index (κ2) is 9.75. The van der Waals surface area contributed by atoms with E-state index < -0.39 is 12.1 Å². The Morgan fingerprint density at radius 1 is 1.14 bits per heavy atom. The zero-order chi connectivity index (χ0) is 20.9. The predicted octanol–water partition coefficient (Wildman–Crippen LogP) is 1.30. The summed E-state index contributed by atoms with van der Waals surface area (Å²) in [4.78, 5) is 25.0. The summed E-state index contributed by atoms with van der Waals surface area (Å²) in [6.45, 7) is 3.43. The lowest BCUT2D eigenvalue weighted by atomic mass is 9.99. The standard InChI is InChI=1S/C15H27N3O3.C2HF3O2/c1-17(2)15(19)16-12-10-18(11-5-8-20-9-6-11)13-4-3-7-21-14(12)13;3-2(4,5)1(6)7/h11-14H,3-10H2,1-2H3,(H,16,19);(H,6,7)/t12-,13+,14+;/m0./s1. The number of nitrogens with zero attached hydrogens (tertiary/aromatic N) is 2. The number of carboxylic acid groups (broad SMARTS) is 1. The van der Waals surface area contributed by atoms with Gasteiger partial charge in [-0.05, 0) is 25.7 Å². The van der Waals surface area contributed by atoms with Gasteiger partial charge in [0.1, 0.15) is 0 Å². The number of fused-ring (bicyclic) bond motifs is 1. The molecule has 0 saturated carbocycles. The lowest BCUT2D eigenvalue weighted by Gasteiger charge is -2.38. The van der Waals surface area contributed by atoms with Gasteiger partial charge in [0, 0.05) is 52.5 Å². The number of ether oxygens (including phenoxy) is 2. The molecule has 11 heteroatoms. The lowest BCUT2D eigenvalue weighted by molar-refractivity contribution is -0.192. The molecule has 162 valence electrons. The highest BCUT2D eigenvalue weighted by atomic mass is 19.4. The van der Waals surface area contributed by atoms with Crippen LogP contribution < -0.4 is 5.32 Å². The number of alkyl halides is 3. The molecule has 2 N–H and O–H groups in total. The molecule has 28 heavy (non-hydrogen) atoms. The average molecular weight is 411 g/mol. The second-order valence-electron chi connectivity index (χ2n) is 7.34. The van der Waals surface area contributed by atoms with Crippen molar-refractivity contribution in [2.45, 2.75) is 56.1 Å². The van der Waals surface area contributed by atoms with E-state index in [1.165, 1.54) is 6.42 Å². The molecular formula is C17H28F3N3O5. The number of nitrogens with one attached hydrogen (secondary N) is 1. The number of urea groups is 1. The van der Waals surface area contributed by atoms with Crippen LogP contribution in [-0.4, -0.2) is 97.8 Å². The summed E-state index contributed by atoms with van der Waals surface area (Å²) < 4.78 is 43.2. The summed E-state index contributed by atoms with van der Waals surface area (Å²) >= 11 is 0. The van der Waals surface area contributed by atoms with Crippen LogP contribution in [0.5, 0.6) is 0 Å². The van der Waals surface area contributed by atoms with Gasteiger partial charge in [0.2, 0.25) is 0 Å². The predicted molar refractivity (Wildman–Crippen MR) is 93.0 cm³/mol. The van der Waals surface area contributed by atoms with Crippen molar-refractivity contribution >= 4 is 12.0 Å². The van der Waals surface area contributed by atoms with Gasteiger partial charge in [-0.15, -0.1) is 0 Å². The third-order valence-electron chi connectivity index (χ3n) is 5.18. The monoisotopic (exact) mass is 411 g/mol. The summed E-state index contributed by atoms with van der Waals surface area (Å²) in [5.41, 5.74) is 0. The fourth-order valence-corrected chi connectivity index (χ4v) is 3.84. The lowest BCUT2D eigenvalue weighted by Crippen LogP contribution is -2.50. The van der Waals surface area contributed by atoms with Gasteiger partial charge in [0.15, 0.2) is 0 Å². The maximum atomic E-state index is 12.0. The Labute approximate surface area is 161 Å². The minimum atomic E-state index is -5.08. The van der Waals surface area contributed by atoms with E-state index in [2.05, 4.69) is 10.2 Å². The number of aliphatic carboxylic acids is 1. The molecule has 0 aliphatic carbocycles. The van der Waals surface area contributed by atoms with Crippen LogP contribution in [0.3, 0.4) is 0 Å². The molecule has 0 unspecified atom stereocenters. The zero-order valence-corrected chi connectivity index (χ0v) is 16.1. The molecule has 8 nitrogen and oxygen atoms in total. The van der Waals surface area contributed by atoms with Gasteiger partial charge in [0.25, 0.3) is 0 Å². The van der Waals surface area contributed by atoms with Gasteiger partial charge in [-0.25, -0.2) is 9.59 Å². The number of amides is 2. The average Bonchev–Trinajstić information content (AvgIpc) is 3.01. The number of halogens is 3. The van der Waals surface area contributed by atoms with Crippen LogP contribution in [0.1, 0.15) is 25.7 Å². The first-order valence-electron chi connectivity index (χ1n) is 9.34.